The van der Waals surface area contributed by atoms with Crippen molar-refractivity contribution in [2.24, 2.45) is 5.92 Å². The topological polar surface area (TPSA) is 49.3 Å². The third-order valence-electron chi connectivity index (χ3n) is 3.09. The number of carboxylic acid groups (broad SMARTS) is 1. The minimum Gasteiger partial charge on any atom is -0.480 e. The molecule has 0 amide bonds. The second-order valence-corrected chi connectivity index (χ2v) is 5.33. The van der Waals surface area contributed by atoms with E-state index in [0.29, 0.717) is 0 Å². The highest BCUT2D eigenvalue weighted by atomic mass is 79.9. The first-order valence-electron chi connectivity index (χ1n) is 5.29. The number of hydrogen-bond acceptors (Lipinski definition) is 2. The molecule has 0 aliphatic heterocycles. The van der Waals surface area contributed by atoms with E-state index in [1.807, 2.05) is 24.3 Å². The molecule has 2 rings (SSSR count). The number of carbonyl (C=O) groups is 1. The fourth-order valence-corrected chi connectivity index (χ4v) is 2.09. The number of carboxylic acids is 1. The van der Waals surface area contributed by atoms with Gasteiger partial charge in [0, 0.05) is 10.2 Å². The fourth-order valence-electron chi connectivity index (χ4n) is 1.82. The Morgan fingerprint density at radius 2 is 2.00 bits per heavy atom. The second kappa shape index (κ2) is 4.09. The van der Waals surface area contributed by atoms with Crippen LogP contribution in [0.4, 0.5) is 5.69 Å². The molecule has 1 aromatic carbocycles. The van der Waals surface area contributed by atoms with Gasteiger partial charge in [-0.2, -0.15) is 0 Å². The van der Waals surface area contributed by atoms with Gasteiger partial charge in [-0.15, -0.1) is 0 Å². The minimum atomic E-state index is -0.839. The summed E-state index contributed by atoms with van der Waals surface area (Å²) in [7, 11) is 0. The first-order valence-corrected chi connectivity index (χ1v) is 6.09. The molecule has 1 aromatic rings. The Labute approximate surface area is 103 Å². The molecule has 86 valence electrons. The Bertz CT molecular complexity index is 400. The lowest BCUT2D eigenvalue weighted by Crippen LogP contribution is -2.45. The van der Waals surface area contributed by atoms with Gasteiger partial charge in [0.15, 0.2) is 0 Å². The van der Waals surface area contributed by atoms with E-state index in [0.717, 1.165) is 23.0 Å². The maximum Gasteiger partial charge on any atom is 0.329 e. The summed E-state index contributed by atoms with van der Waals surface area (Å²) in [6.45, 7) is 1.76. The van der Waals surface area contributed by atoms with Crippen molar-refractivity contribution in [3.05, 3.63) is 28.7 Å². The van der Waals surface area contributed by atoms with E-state index < -0.39 is 11.5 Å². The third-order valence-corrected chi connectivity index (χ3v) is 3.62. The van der Waals surface area contributed by atoms with Crippen LogP contribution in [0.2, 0.25) is 0 Å². The molecule has 0 radical (unpaired) electrons. The maximum absolute atomic E-state index is 11.3. The SMILES string of the molecule is CC(Nc1ccc(Br)cc1)(C(=O)O)C1CC1. The van der Waals surface area contributed by atoms with Crippen LogP contribution in [0.1, 0.15) is 19.8 Å². The van der Waals surface area contributed by atoms with Crippen molar-refractivity contribution in [3.8, 4) is 0 Å². The Kier molecular flexibility index (Phi) is 2.93. The molecule has 0 spiro atoms. The lowest BCUT2D eigenvalue weighted by atomic mass is 9.95. The first-order chi connectivity index (χ1) is 7.52. The lowest BCUT2D eigenvalue weighted by molar-refractivity contribution is -0.142. The standard InChI is InChI=1S/C12H14BrNO2/c1-12(11(15)16,8-2-3-8)14-10-6-4-9(13)5-7-10/h4-8,14H,2-3H2,1H3,(H,15,16). The number of anilines is 1. The van der Waals surface area contributed by atoms with Crippen LogP contribution >= 0.6 is 15.9 Å². The lowest BCUT2D eigenvalue weighted by Gasteiger charge is -2.27. The van der Waals surface area contributed by atoms with Crippen molar-refractivity contribution in [3.63, 3.8) is 0 Å². The molecule has 1 atom stereocenters. The Morgan fingerprint density at radius 3 is 2.44 bits per heavy atom. The van der Waals surface area contributed by atoms with E-state index in [4.69, 9.17) is 0 Å². The van der Waals surface area contributed by atoms with E-state index in [2.05, 4.69) is 21.2 Å². The summed E-state index contributed by atoms with van der Waals surface area (Å²) in [5, 5.41) is 12.4. The van der Waals surface area contributed by atoms with Crippen molar-refractivity contribution >= 4 is 27.6 Å². The van der Waals surface area contributed by atoms with Crippen LogP contribution in [0.3, 0.4) is 0 Å². The third kappa shape index (κ3) is 2.21. The van der Waals surface area contributed by atoms with Crippen LogP contribution in [-0.2, 0) is 4.79 Å². The van der Waals surface area contributed by atoms with Gasteiger partial charge in [0.25, 0.3) is 0 Å². The van der Waals surface area contributed by atoms with Crippen LogP contribution in [0.15, 0.2) is 28.7 Å². The molecule has 4 heteroatoms. The largest absolute Gasteiger partial charge is 0.480 e. The number of rotatable bonds is 4. The molecule has 1 aliphatic rings. The van der Waals surface area contributed by atoms with Gasteiger partial charge < -0.3 is 10.4 Å². The van der Waals surface area contributed by atoms with Gasteiger partial charge in [0.05, 0.1) is 0 Å². The Morgan fingerprint density at radius 1 is 1.44 bits per heavy atom. The number of halogens is 1. The van der Waals surface area contributed by atoms with E-state index in [9.17, 15) is 9.90 Å². The van der Waals surface area contributed by atoms with E-state index in [-0.39, 0.29) is 5.92 Å². The molecule has 3 nitrogen and oxygen atoms in total. The van der Waals surface area contributed by atoms with Crippen LogP contribution in [-0.4, -0.2) is 16.6 Å². The zero-order valence-electron chi connectivity index (χ0n) is 9.03. The van der Waals surface area contributed by atoms with Crippen molar-refractivity contribution in [1.29, 1.82) is 0 Å². The Balaban J connectivity index is 2.17. The molecule has 0 saturated heterocycles. The smallest absolute Gasteiger partial charge is 0.329 e. The fraction of sp³-hybridized carbons (Fsp3) is 0.417. The molecule has 1 unspecified atom stereocenters. The molecule has 0 heterocycles. The average molecular weight is 284 g/mol. The maximum atomic E-state index is 11.3. The van der Waals surface area contributed by atoms with Gasteiger partial charge in [0.1, 0.15) is 5.54 Å². The molecular formula is C12H14BrNO2. The monoisotopic (exact) mass is 283 g/mol. The minimum absolute atomic E-state index is 0.244. The van der Waals surface area contributed by atoms with Crippen molar-refractivity contribution in [2.75, 3.05) is 5.32 Å². The summed E-state index contributed by atoms with van der Waals surface area (Å²) in [5.74, 6) is -0.536. The van der Waals surface area contributed by atoms with Crippen molar-refractivity contribution in [1.82, 2.24) is 0 Å². The van der Waals surface area contributed by atoms with Crippen LogP contribution in [0.5, 0.6) is 0 Å². The van der Waals surface area contributed by atoms with Crippen molar-refractivity contribution in [2.45, 2.75) is 25.3 Å². The summed E-state index contributed by atoms with van der Waals surface area (Å²) < 4.78 is 0.988. The summed E-state index contributed by atoms with van der Waals surface area (Å²) >= 11 is 3.35. The zero-order chi connectivity index (χ0) is 11.8. The Hall–Kier alpha value is -1.03. The number of benzene rings is 1. The molecule has 1 aliphatic carbocycles. The summed E-state index contributed by atoms with van der Waals surface area (Å²) in [5.41, 5.74) is 0.00777. The normalized spacial score (nSPS) is 18.9. The van der Waals surface area contributed by atoms with E-state index in [1.54, 1.807) is 6.92 Å². The first kappa shape index (κ1) is 11.5. The molecular weight excluding hydrogens is 270 g/mol. The highest BCUT2D eigenvalue weighted by Gasteiger charge is 2.47. The highest BCUT2D eigenvalue weighted by molar-refractivity contribution is 9.10. The average Bonchev–Trinajstić information content (AvgIpc) is 3.04. The second-order valence-electron chi connectivity index (χ2n) is 4.41. The molecule has 0 bridgehead atoms. The molecule has 1 saturated carbocycles. The van der Waals surface area contributed by atoms with Crippen LogP contribution in [0, 0.1) is 5.92 Å². The molecule has 2 N–H and O–H groups in total. The molecule has 16 heavy (non-hydrogen) atoms. The highest BCUT2D eigenvalue weighted by Crippen LogP contribution is 2.41. The quantitative estimate of drug-likeness (QED) is 0.893. The van der Waals surface area contributed by atoms with Gasteiger partial charge in [-0.05, 0) is 49.9 Å². The summed E-state index contributed by atoms with van der Waals surface area (Å²) in [4.78, 5) is 11.3. The molecule has 1 fully saturated rings. The predicted octanol–water partition coefficient (Wildman–Crippen LogP) is 3.11. The number of nitrogens with one attached hydrogen (secondary N) is 1. The zero-order valence-corrected chi connectivity index (χ0v) is 10.6. The predicted molar refractivity (Wildman–Crippen MR) is 66.5 cm³/mol. The van der Waals surface area contributed by atoms with Gasteiger partial charge in [-0.3, -0.25) is 0 Å². The molecule has 0 aromatic heterocycles. The van der Waals surface area contributed by atoms with E-state index >= 15 is 0 Å². The van der Waals surface area contributed by atoms with Gasteiger partial charge in [-0.1, -0.05) is 15.9 Å². The van der Waals surface area contributed by atoms with Gasteiger partial charge in [0.2, 0.25) is 0 Å². The van der Waals surface area contributed by atoms with Crippen LogP contribution in [0.25, 0.3) is 0 Å². The summed E-state index contributed by atoms with van der Waals surface area (Å²) in [6, 6.07) is 7.57. The number of aliphatic carboxylic acids is 1. The summed E-state index contributed by atoms with van der Waals surface area (Å²) in [6.07, 6.45) is 1.98. The number of hydrogen-bond donors (Lipinski definition) is 2. The van der Waals surface area contributed by atoms with Crippen molar-refractivity contribution < 1.29 is 9.90 Å². The van der Waals surface area contributed by atoms with Gasteiger partial charge >= 0.3 is 5.97 Å². The van der Waals surface area contributed by atoms with Gasteiger partial charge in [-0.25, -0.2) is 4.79 Å². The van der Waals surface area contributed by atoms with E-state index in [1.165, 1.54) is 0 Å². The van der Waals surface area contributed by atoms with Crippen LogP contribution < -0.4 is 5.32 Å².